The minimum atomic E-state index is -1.17. The summed E-state index contributed by atoms with van der Waals surface area (Å²) in [6.07, 6.45) is 4.46. The van der Waals surface area contributed by atoms with Crippen LogP contribution in [0.1, 0.15) is 5.56 Å². The summed E-state index contributed by atoms with van der Waals surface area (Å²) in [6.45, 7) is 0. The van der Waals surface area contributed by atoms with Crippen LogP contribution in [0.3, 0.4) is 0 Å². The Kier molecular flexibility index (Phi) is 2.59. The Bertz CT molecular complexity index is 578. The maximum atomic E-state index is 11.3. The van der Waals surface area contributed by atoms with Gasteiger partial charge in [-0.05, 0) is 6.07 Å². The standard InChI is InChI=1S/C12H8N2O2.ClH/c15-11(16)12-6-13-5-9(12)8-3-1-2-4-10(8)14-7-12;/h1-7H,(H,15,16);1H. The van der Waals surface area contributed by atoms with E-state index >= 15 is 0 Å². The molecule has 5 heteroatoms. The van der Waals surface area contributed by atoms with Crippen LogP contribution >= 0.6 is 12.4 Å². The highest BCUT2D eigenvalue weighted by Gasteiger charge is 2.45. The van der Waals surface area contributed by atoms with Crippen molar-refractivity contribution >= 4 is 42.1 Å². The number of halogens is 1. The van der Waals surface area contributed by atoms with Gasteiger partial charge in [-0.15, -0.1) is 12.4 Å². The lowest BCUT2D eigenvalue weighted by atomic mass is 9.78. The zero-order chi connectivity index (χ0) is 11.2. The third-order valence-electron chi connectivity index (χ3n) is 2.88. The topological polar surface area (TPSA) is 62.0 Å². The molecule has 1 unspecified atom stereocenters. The van der Waals surface area contributed by atoms with Gasteiger partial charge in [0.15, 0.2) is 5.41 Å². The third-order valence-corrected chi connectivity index (χ3v) is 2.88. The molecule has 0 saturated heterocycles. The molecule has 0 aliphatic carbocycles. The predicted octanol–water partition coefficient (Wildman–Crippen LogP) is 2.32. The van der Waals surface area contributed by atoms with E-state index in [-0.39, 0.29) is 12.4 Å². The van der Waals surface area contributed by atoms with Crippen LogP contribution in [-0.4, -0.2) is 23.5 Å². The molecule has 1 N–H and O–H groups in total. The lowest BCUT2D eigenvalue weighted by Crippen LogP contribution is -2.35. The number of aliphatic imine (C=N–C) groups is 2. The number of fused-ring (bicyclic) bond motifs is 3. The molecule has 17 heavy (non-hydrogen) atoms. The largest absolute Gasteiger partial charge is 0.480 e. The number of carbonyl (C=O) groups is 1. The van der Waals surface area contributed by atoms with Gasteiger partial charge in [-0.2, -0.15) is 0 Å². The maximum Gasteiger partial charge on any atom is 0.325 e. The van der Waals surface area contributed by atoms with E-state index in [1.165, 1.54) is 12.4 Å². The van der Waals surface area contributed by atoms with Crippen LogP contribution in [0.5, 0.6) is 0 Å². The second kappa shape index (κ2) is 3.82. The lowest BCUT2D eigenvalue weighted by Gasteiger charge is -2.25. The highest BCUT2D eigenvalue weighted by molar-refractivity contribution is 6.25. The van der Waals surface area contributed by atoms with E-state index in [2.05, 4.69) is 9.98 Å². The second-order valence-electron chi connectivity index (χ2n) is 3.77. The maximum absolute atomic E-state index is 11.3. The molecule has 1 aromatic rings. The van der Waals surface area contributed by atoms with E-state index in [1.807, 2.05) is 24.3 Å². The first-order valence-corrected chi connectivity index (χ1v) is 4.87. The Hall–Kier alpha value is -1.94. The van der Waals surface area contributed by atoms with Gasteiger partial charge in [0.2, 0.25) is 0 Å². The average molecular weight is 249 g/mol. The van der Waals surface area contributed by atoms with E-state index in [0.29, 0.717) is 5.57 Å². The summed E-state index contributed by atoms with van der Waals surface area (Å²) in [7, 11) is 0. The molecule has 1 atom stereocenters. The van der Waals surface area contributed by atoms with Gasteiger partial charge in [-0.25, -0.2) is 0 Å². The Balaban J connectivity index is 0.00000108. The number of hydrogen-bond donors (Lipinski definition) is 1. The van der Waals surface area contributed by atoms with Gasteiger partial charge < -0.3 is 5.11 Å². The second-order valence-corrected chi connectivity index (χ2v) is 3.77. The summed E-state index contributed by atoms with van der Waals surface area (Å²) in [6, 6.07) is 7.46. The van der Waals surface area contributed by atoms with E-state index in [9.17, 15) is 9.90 Å². The smallest absolute Gasteiger partial charge is 0.325 e. The van der Waals surface area contributed by atoms with Gasteiger partial charge in [-0.1, -0.05) is 18.2 Å². The number of rotatable bonds is 1. The molecular weight excluding hydrogens is 240 g/mol. The van der Waals surface area contributed by atoms with E-state index in [0.717, 1.165) is 11.3 Å². The summed E-state index contributed by atoms with van der Waals surface area (Å²) < 4.78 is 0. The molecule has 0 fully saturated rings. The van der Waals surface area contributed by atoms with Crippen LogP contribution < -0.4 is 0 Å². The van der Waals surface area contributed by atoms with E-state index in [1.54, 1.807) is 6.20 Å². The van der Waals surface area contributed by atoms with Crippen LogP contribution in [0.2, 0.25) is 0 Å². The van der Waals surface area contributed by atoms with Crippen LogP contribution in [0, 0.1) is 5.41 Å². The summed E-state index contributed by atoms with van der Waals surface area (Å²) in [4.78, 5) is 19.5. The molecule has 0 amide bonds. The predicted molar refractivity (Wildman–Crippen MR) is 68.4 cm³/mol. The zero-order valence-electron chi connectivity index (χ0n) is 8.70. The minimum absolute atomic E-state index is 0. The minimum Gasteiger partial charge on any atom is -0.480 e. The van der Waals surface area contributed by atoms with Crippen molar-refractivity contribution in [3.63, 3.8) is 0 Å². The van der Waals surface area contributed by atoms with Gasteiger partial charge >= 0.3 is 5.97 Å². The molecule has 2 aliphatic heterocycles. The van der Waals surface area contributed by atoms with Crippen LogP contribution in [-0.2, 0) is 4.79 Å². The lowest BCUT2D eigenvalue weighted by molar-refractivity contribution is -0.139. The van der Waals surface area contributed by atoms with Gasteiger partial charge in [0.05, 0.1) is 5.69 Å². The fourth-order valence-electron chi connectivity index (χ4n) is 2.01. The number of benzene rings is 1. The van der Waals surface area contributed by atoms with E-state index in [4.69, 9.17) is 0 Å². The first-order chi connectivity index (χ1) is 7.74. The van der Waals surface area contributed by atoms with Crippen molar-refractivity contribution in [3.8, 4) is 0 Å². The Morgan fingerprint density at radius 1 is 1.24 bits per heavy atom. The normalized spacial score (nSPS) is 23.4. The molecule has 0 radical (unpaired) electrons. The van der Waals surface area contributed by atoms with Crippen LogP contribution in [0.4, 0.5) is 5.69 Å². The Morgan fingerprint density at radius 3 is 2.76 bits per heavy atom. The Morgan fingerprint density at radius 2 is 2.00 bits per heavy atom. The fourth-order valence-corrected chi connectivity index (χ4v) is 2.01. The molecule has 0 aromatic heterocycles. The number of carboxylic acid groups (broad SMARTS) is 1. The molecular formula is C12H9ClN2O2. The molecule has 86 valence electrons. The highest BCUT2D eigenvalue weighted by atomic mass is 35.5. The molecule has 4 nitrogen and oxygen atoms in total. The number of aliphatic carboxylic acids is 1. The monoisotopic (exact) mass is 248 g/mol. The van der Waals surface area contributed by atoms with Crippen LogP contribution in [0.25, 0.3) is 5.57 Å². The van der Waals surface area contributed by atoms with Crippen molar-refractivity contribution in [1.29, 1.82) is 0 Å². The number of nitrogens with zero attached hydrogens (tertiary/aromatic N) is 2. The summed E-state index contributed by atoms with van der Waals surface area (Å²) in [5.74, 6) is -0.946. The van der Waals surface area contributed by atoms with Gasteiger partial charge in [0.1, 0.15) is 0 Å². The summed E-state index contributed by atoms with van der Waals surface area (Å²) in [5.41, 5.74) is 1.14. The zero-order valence-corrected chi connectivity index (χ0v) is 9.52. The number of carboxylic acids is 1. The van der Waals surface area contributed by atoms with Crippen molar-refractivity contribution < 1.29 is 9.90 Å². The molecule has 0 bridgehead atoms. The summed E-state index contributed by atoms with van der Waals surface area (Å²) in [5, 5.41) is 9.30. The fraction of sp³-hybridized carbons (Fsp3) is 0.0833. The molecule has 1 aromatic carbocycles. The first-order valence-electron chi connectivity index (χ1n) is 4.87. The van der Waals surface area contributed by atoms with Crippen molar-refractivity contribution in [2.24, 2.45) is 15.4 Å². The van der Waals surface area contributed by atoms with Crippen molar-refractivity contribution in [2.75, 3.05) is 0 Å². The third kappa shape index (κ3) is 1.41. The van der Waals surface area contributed by atoms with Crippen molar-refractivity contribution in [3.05, 3.63) is 36.0 Å². The highest BCUT2D eigenvalue weighted by Crippen LogP contribution is 2.43. The summed E-state index contributed by atoms with van der Waals surface area (Å²) >= 11 is 0. The molecule has 2 aliphatic rings. The van der Waals surface area contributed by atoms with Crippen molar-refractivity contribution in [2.45, 2.75) is 0 Å². The number of para-hydroxylation sites is 1. The molecule has 2 heterocycles. The van der Waals surface area contributed by atoms with Gasteiger partial charge in [0, 0.05) is 29.8 Å². The Labute approximate surface area is 104 Å². The van der Waals surface area contributed by atoms with Gasteiger partial charge in [-0.3, -0.25) is 14.8 Å². The van der Waals surface area contributed by atoms with E-state index < -0.39 is 11.4 Å². The molecule has 0 spiro atoms. The number of hydrogen-bond acceptors (Lipinski definition) is 3. The van der Waals surface area contributed by atoms with Gasteiger partial charge in [0.25, 0.3) is 0 Å². The van der Waals surface area contributed by atoms with Crippen LogP contribution in [0.15, 0.2) is 40.5 Å². The SMILES string of the molecule is Cl.O=C(O)C12C=NC=C1c1ccccc1N=C2. The molecule has 3 rings (SSSR count). The first kappa shape index (κ1) is 11.5. The quantitative estimate of drug-likeness (QED) is 0.829. The molecule has 0 saturated carbocycles. The average Bonchev–Trinajstić information content (AvgIpc) is 2.74. The van der Waals surface area contributed by atoms with Crippen molar-refractivity contribution in [1.82, 2.24) is 0 Å².